The van der Waals surface area contributed by atoms with Gasteiger partial charge in [0, 0.05) is 21.4 Å². The molecule has 0 radical (unpaired) electrons. The predicted octanol–water partition coefficient (Wildman–Crippen LogP) is 4.35. The first-order valence-electron chi connectivity index (χ1n) is 6.52. The van der Waals surface area contributed by atoms with Crippen molar-refractivity contribution in [2.24, 2.45) is 0 Å². The Kier molecular flexibility index (Phi) is 5.12. The lowest BCUT2D eigenvalue weighted by Crippen LogP contribution is -2.06. The van der Waals surface area contributed by atoms with Gasteiger partial charge in [-0.15, -0.1) is 0 Å². The number of nitrogens with one attached hydrogen (secondary N) is 1. The van der Waals surface area contributed by atoms with Gasteiger partial charge in [0.2, 0.25) is 0 Å². The monoisotopic (exact) mass is 359 g/mol. The number of Topliss-reactive ketones (excluding diaryl/α,β-unsaturated/α-hetero) is 1. The maximum atomic E-state index is 12.1. The second-order valence-electron chi connectivity index (χ2n) is 4.72. The molecule has 0 aromatic heterocycles. The molecule has 0 aliphatic rings. The topological polar surface area (TPSA) is 66.4 Å². The second kappa shape index (κ2) is 7.04. The van der Waals surface area contributed by atoms with Crippen molar-refractivity contribution in [1.82, 2.24) is 0 Å². The number of hydrogen-bond acceptors (Lipinski definition) is 3. The highest BCUT2D eigenvalue weighted by molar-refractivity contribution is 9.10. The van der Waals surface area contributed by atoms with E-state index in [-0.39, 0.29) is 17.8 Å². The number of carbonyl (C=O) groups excluding carboxylic acids is 1. The van der Waals surface area contributed by atoms with Gasteiger partial charge in [-0.2, -0.15) is 0 Å². The van der Waals surface area contributed by atoms with Gasteiger partial charge in [-0.1, -0.05) is 34.6 Å². The van der Waals surface area contributed by atoms with Crippen molar-refractivity contribution in [3.05, 3.63) is 76.4 Å². The van der Waals surface area contributed by atoms with Gasteiger partial charge in [0.1, 0.15) is 0 Å². The number of benzene rings is 2. The van der Waals surface area contributed by atoms with Gasteiger partial charge in [0.05, 0.1) is 12.0 Å². The number of allylic oxidation sites excluding steroid dienone is 1. The number of aromatic carboxylic acids is 1. The molecule has 0 aliphatic carbocycles. The summed E-state index contributed by atoms with van der Waals surface area (Å²) in [6.07, 6.45) is 0.169. The Morgan fingerprint density at radius 2 is 1.55 bits per heavy atom. The predicted molar refractivity (Wildman–Crippen MR) is 89.3 cm³/mol. The summed E-state index contributed by atoms with van der Waals surface area (Å²) >= 11 is 3.32. The maximum absolute atomic E-state index is 12.1. The summed E-state index contributed by atoms with van der Waals surface area (Å²) < 4.78 is 0.916. The van der Waals surface area contributed by atoms with E-state index >= 15 is 0 Å². The number of carboxylic acid groups (broad SMARTS) is 1. The van der Waals surface area contributed by atoms with Gasteiger partial charge in [-0.3, -0.25) is 4.79 Å². The van der Waals surface area contributed by atoms with E-state index in [4.69, 9.17) is 5.11 Å². The summed E-state index contributed by atoms with van der Waals surface area (Å²) in [4.78, 5) is 22.9. The molecule has 2 aromatic carbocycles. The van der Waals surface area contributed by atoms with Crippen LogP contribution in [-0.2, 0) is 0 Å². The molecule has 2 N–H and O–H groups in total. The summed E-state index contributed by atoms with van der Waals surface area (Å²) in [6, 6.07) is 13.4. The van der Waals surface area contributed by atoms with Crippen LogP contribution in [0.25, 0.3) is 0 Å². The van der Waals surface area contributed by atoms with Crippen molar-refractivity contribution >= 4 is 33.4 Å². The van der Waals surface area contributed by atoms with E-state index in [9.17, 15) is 9.59 Å². The van der Waals surface area contributed by atoms with Gasteiger partial charge in [-0.25, -0.2) is 4.79 Å². The molecule has 0 bridgehead atoms. The smallest absolute Gasteiger partial charge is 0.335 e. The SMILES string of the molecule is C=C(CC(=O)c1ccc(Br)cc1)Nc1ccc(C(=O)O)cc1. The largest absolute Gasteiger partial charge is 0.478 e. The van der Waals surface area contributed by atoms with Crippen LogP contribution in [0.4, 0.5) is 5.69 Å². The number of ketones is 1. The molecule has 0 aliphatic heterocycles. The molecule has 22 heavy (non-hydrogen) atoms. The van der Waals surface area contributed by atoms with Crippen molar-refractivity contribution in [1.29, 1.82) is 0 Å². The zero-order valence-electron chi connectivity index (χ0n) is 11.7. The number of carbonyl (C=O) groups is 2. The summed E-state index contributed by atoms with van der Waals surface area (Å²) in [5, 5.41) is 11.8. The van der Waals surface area contributed by atoms with Crippen LogP contribution in [-0.4, -0.2) is 16.9 Å². The molecule has 0 amide bonds. The first-order valence-corrected chi connectivity index (χ1v) is 7.32. The average Bonchev–Trinajstić information content (AvgIpc) is 2.48. The summed E-state index contributed by atoms with van der Waals surface area (Å²) in [7, 11) is 0. The van der Waals surface area contributed by atoms with Crippen LogP contribution in [0.15, 0.2) is 65.3 Å². The van der Waals surface area contributed by atoms with Crippen LogP contribution in [0.1, 0.15) is 27.1 Å². The molecule has 2 rings (SSSR count). The summed E-state index contributed by atoms with van der Waals surface area (Å²) in [5.41, 5.74) is 2.07. The first-order chi connectivity index (χ1) is 10.5. The zero-order valence-corrected chi connectivity index (χ0v) is 13.3. The van der Waals surface area contributed by atoms with E-state index < -0.39 is 5.97 Å². The fourth-order valence-electron chi connectivity index (χ4n) is 1.88. The lowest BCUT2D eigenvalue weighted by atomic mass is 10.1. The number of anilines is 1. The van der Waals surface area contributed by atoms with Crippen molar-refractivity contribution in [3.8, 4) is 0 Å². The maximum Gasteiger partial charge on any atom is 0.335 e. The molecule has 5 heteroatoms. The minimum absolute atomic E-state index is 0.0350. The minimum atomic E-state index is -0.976. The van der Waals surface area contributed by atoms with Gasteiger partial charge in [0.15, 0.2) is 5.78 Å². The summed E-state index contributed by atoms with van der Waals surface area (Å²) in [5.74, 6) is -1.01. The molecule has 0 heterocycles. The fourth-order valence-corrected chi connectivity index (χ4v) is 2.14. The van der Waals surface area contributed by atoms with E-state index in [2.05, 4.69) is 27.8 Å². The van der Waals surface area contributed by atoms with Crippen LogP contribution in [0.3, 0.4) is 0 Å². The summed E-state index contributed by atoms with van der Waals surface area (Å²) in [6.45, 7) is 3.83. The standard InChI is InChI=1S/C17H14BrNO3/c1-11(10-16(20)12-2-6-14(18)7-3-12)19-15-8-4-13(5-9-15)17(21)22/h2-9,19H,1,10H2,(H,21,22). The molecule has 0 unspecified atom stereocenters. The Morgan fingerprint density at radius 3 is 2.09 bits per heavy atom. The third-order valence-corrected chi connectivity index (χ3v) is 3.52. The first kappa shape index (κ1) is 16.0. The lowest BCUT2D eigenvalue weighted by Gasteiger charge is -2.09. The van der Waals surface area contributed by atoms with Gasteiger partial charge in [-0.05, 0) is 36.4 Å². The van der Waals surface area contributed by atoms with E-state index in [1.165, 1.54) is 12.1 Å². The molecule has 0 saturated heterocycles. The van der Waals surface area contributed by atoms with Crippen LogP contribution in [0.2, 0.25) is 0 Å². The number of rotatable bonds is 6. The third-order valence-electron chi connectivity index (χ3n) is 2.99. The van der Waals surface area contributed by atoms with Crippen molar-refractivity contribution in [2.75, 3.05) is 5.32 Å². The van der Waals surface area contributed by atoms with Crippen LogP contribution < -0.4 is 5.32 Å². The molecule has 0 atom stereocenters. The highest BCUT2D eigenvalue weighted by atomic mass is 79.9. The quantitative estimate of drug-likeness (QED) is 0.752. The Morgan fingerprint density at radius 1 is 1.00 bits per heavy atom. The van der Waals surface area contributed by atoms with E-state index in [1.54, 1.807) is 24.3 Å². The molecular formula is C17H14BrNO3. The van der Waals surface area contributed by atoms with Gasteiger partial charge < -0.3 is 10.4 Å². The fraction of sp³-hybridized carbons (Fsp3) is 0.0588. The van der Waals surface area contributed by atoms with Crippen LogP contribution >= 0.6 is 15.9 Å². The molecule has 112 valence electrons. The Balaban J connectivity index is 1.96. The number of hydrogen-bond donors (Lipinski definition) is 2. The second-order valence-corrected chi connectivity index (χ2v) is 5.63. The average molecular weight is 360 g/mol. The molecule has 2 aromatic rings. The number of halogens is 1. The van der Waals surface area contributed by atoms with Crippen molar-refractivity contribution in [2.45, 2.75) is 6.42 Å². The Bertz CT molecular complexity index is 706. The lowest BCUT2D eigenvalue weighted by molar-refractivity contribution is 0.0696. The molecule has 0 saturated carbocycles. The molecule has 0 spiro atoms. The van der Waals surface area contributed by atoms with Crippen LogP contribution in [0.5, 0.6) is 0 Å². The van der Waals surface area contributed by atoms with Gasteiger partial charge >= 0.3 is 5.97 Å². The van der Waals surface area contributed by atoms with Gasteiger partial charge in [0.25, 0.3) is 0 Å². The highest BCUT2D eigenvalue weighted by Crippen LogP contribution is 2.16. The third kappa shape index (κ3) is 4.30. The zero-order chi connectivity index (χ0) is 16.1. The van der Waals surface area contributed by atoms with Crippen LogP contribution in [0, 0.1) is 0 Å². The molecule has 0 fully saturated rings. The van der Waals surface area contributed by atoms with E-state index in [0.717, 1.165) is 4.47 Å². The van der Waals surface area contributed by atoms with Crippen molar-refractivity contribution in [3.63, 3.8) is 0 Å². The van der Waals surface area contributed by atoms with Crippen molar-refractivity contribution < 1.29 is 14.7 Å². The Labute approximate surface area is 136 Å². The molecule has 4 nitrogen and oxygen atoms in total. The minimum Gasteiger partial charge on any atom is -0.478 e. The normalized spacial score (nSPS) is 10.0. The molecular weight excluding hydrogens is 346 g/mol. The van der Waals surface area contributed by atoms with E-state index in [1.807, 2.05) is 12.1 Å². The number of carboxylic acids is 1. The highest BCUT2D eigenvalue weighted by Gasteiger charge is 2.08. The Hall–Kier alpha value is -2.40. The van der Waals surface area contributed by atoms with E-state index in [0.29, 0.717) is 16.9 Å².